The van der Waals surface area contributed by atoms with Gasteiger partial charge in [0.1, 0.15) is 5.82 Å². The summed E-state index contributed by atoms with van der Waals surface area (Å²) in [5, 5.41) is 4.50. The van der Waals surface area contributed by atoms with Gasteiger partial charge in [0.05, 0.1) is 18.4 Å². The van der Waals surface area contributed by atoms with Crippen LogP contribution in [-0.2, 0) is 20.0 Å². The first-order valence-electron chi connectivity index (χ1n) is 9.24. The van der Waals surface area contributed by atoms with Gasteiger partial charge in [0.15, 0.2) is 5.96 Å². The summed E-state index contributed by atoms with van der Waals surface area (Å²) in [4.78, 5) is 20.1. The van der Waals surface area contributed by atoms with Crippen LogP contribution in [0.4, 0.5) is 11.1 Å². The average Bonchev–Trinajstić information content (AvgIpc) is 3.30. The Balaban J connectivity index is 1.55. The van der Waals surface area contributed by atoms with Crippen LogP contribution >= 0.6 is 11.5 Å². The van der Waals surface area contributed by atoms with Crippen LogP contribution in [0.5, 0.6) is 0 Å². The number of rotatable bonds is 5. The van der Waals surface area contributed by atoms with Gasteiger partial charge in [0, 0.05) is 72.3 Å². The van der Waals surface area contributed by atoms with E-state index in [1.54, 1.807) is 0 Å². The van der Waals surface area contributed by atoms with E-state index in [-0.39, 0.29) is 0 Å². The Kier molecular flexibility index (Phi) is 6.15. The van der Waals surface area contributed by atoms with Crippen LogP contribution in [0.3, 0.4) is 0 Å². The highest BCUT2D eigenvalue weighted by Crippen LogP contribution is 2.19. The molecule has 0 unspecified atom stereocenters. The first-order valence-corrected chi connectivity index (χ1v) is 10.0. The smallest absolute Gasteiger partial charge is 0.205 e. The molecule has 0 atom stereocenters. The maximum absolute atomic E-state index is 4.60. The lowest BCUT2D eigenvalue weighted by molar-refractivity contribution is 0.372. The zero-order valence-electron chi connectivity index (χ0n) is 16.8. The summed E-state index contributed by atoms with van der Waals surface area (Å²) < 4.78 is 6.49. The molecule has 1 aliphatic rings. The van der Waals surface area contributed by atoms with Crippen molar-refractivity contribution < 1.29 is 0 Å². The van der Waals surface area contributed by atoms with E-state index in [0.29, 0.717) is 6.54 Å². The molecule has 3 heterocycles. The van der Waals surface area contributed by atoms with Gasteiger partial charge in [-0.1, -0.05) is 6.92 Å². The molecule has 9 nitrogen and oxygen atoms in total. The highest BCUT2D eigenvalue weighted by atomic mass is 32.1. The molecule has 0 bridgehead atoms. The van der Waals surface area contributed by atoms with Gasteiger partial charge in [-0.15, -0.1) is 0 Å². The molecule has 1 aliphatic heterocycles. The maximum atomic E-state index is 4.60. The standard InChI is InChI=1S/C17H29N9S/c1-6-14-21-17(27-22-14)26-9-7-25(8-10-26)15(18-2)19-11-13-12-20-16(23(3)4)24(13)5/h12H,6-11H2,1-5H3,(H,18,19). The molecule has 2 aromatic heterocycles. The molecule has 3 rings (SSSR count). The molecule has 0 aromatic carbocycles. The van der Waals surface area contributed by atoms with Crippen molar-refractivity contribution in [3.63, 3.8) is 0 Å². The number of aliphatic imine (C=N–C) groups is 1. The van der Waals surface area contributed by atoms with Crippen molar-refractivity contribution in [1.29, 1.82) is 0 Å². The van der Waals surface area contributed by atoms with Crippen molar-refractivity contribution in [3.05, 3.63) is 17.7 Å². The van der Waals surface area contributed by atoms with E-state index in [1.807, 2.05) is 39.3 Å². The predicted octanol–water partition coefficient (Wildman–Crippen LogP) is 0.798. The minimum atomic E-state index is 0.695. The van der Waals surface area contributed by atoms with Crippen molar-refractivity contribution in [3.8, 4) is 0 Å². The third-order valence-corrected chi connectivity index (χ3v) is 5.54. The Morgan fingerprint density at radius 2 is 2.04 bits per heavy atom. The van der Waals surface area contributed by atoms with E-state index in [1.165, 1.54) is 11.5 Å². The molecule has 0 aliphatic carbocycles. The van der Waals surface area contributed by atoms with Crippen molar-refractivity contribution in [2.75, 3.05) is 57.1 Å². The van der Waals surface area contributed by atoms with Gasteiger partial charge < -0.3 is 24.6 Å². The number of nitrogens with one attached hydrogen (secondary N) is 1. The van der Waals surface area contributed by atoms with Crippen LogP contribution in [0.25, 0.3) is 0 Å². The third kappa shape index (κ3) is 4.32. The first-order chi connectivity index (χ1) is 13.0. The van der Waals surface area contributed by atoms with Crippen molar-refractivity contribution in [2.24, 2.45) is 12.0 Å². The van der Waals surface area contributed by atoms with E-state index in [2.05, 4.69) is 45.9 Å². The summed E-state index contributed by atoms with van der Waals surface area (Å²) in [6.45, 7) is 6.46. The normalized spacial score (nSPS) is 15.4. The van der Waals surface area contributed by atoms with E-state index >= 15 is 0 Å². The number of aryl methyl sites for hydroxylation is 1. The monoisotopic (exact) mass is 391 g/mol. The number of hydrogen-bond acceptors (Lipinski definition) is 7. The second-order valence-electron chi connectivity index (χ2n) is 6.72. The molecule has 148 valence electrons. The lowest BCUT2D eigenvalue weighted by Gasteiger charge is -2.36. The molecular weight excluding hydrogens is 362 g/mol. The zero-order chi connectivity index (χ0) is 19.4. The van der Waals surface area contributed by atoms with Gasteiger partial charge in [-0.25, -0.2) is 9.97 Å². The molecule has 0 spiro atoms. The highest BCUT2D eigenvalue weighted by molar-refractivity contribution is 7.09. The van der Waals surface area contributed by atoms with E-state index in [9.17, 15) is 0 Å². The number of piperazine rings is 1. The summed E-state index contributed by atoms with van der Waals surface area (Å²) >= 11 is 1.50. The molecular formula is C17H29N9S. The zero-order valence-corrected chi connectivity index (χ0v) is 17.6. The SMILES string of the molecule is CCc1nsc(N2CCN(C(=NC)NCc3cnc(N(C)C)n3C)CC2)n1. The summed E-state index contributed by atoms with van der Waals surface area (Å²) in [6, 6.07) is 0. The second-order valence-corrected chi connectivity index (χ2v) is 7.45. The average molecular weight is 392 g/mol. The molecule has 1 fully saturated rings. The van der Waals surface area contributed by atoms with E-state index in [0.717, 1.165) is 61.2 Å². The van der Waals surface area contributed by atoms with Gasteiger partial charge in [-0.3, -0.25) is 4.99 Å². The van der Waals surface area contributed by atoms with E-state index < -0.39 is 0 Å². The number of nitrogens with zero attached hydrogens (tertiary/aromatic N) is 8. The number of imidazole rings is 1. The summed E-state index contributed by atoms with van der Waals surface area (Å²) in [5.74, 6) is 2.80. The molecule has 0 saturated carbocycles. The number of guanidine groups is 1. The lowest BCUT2D eigenvalue weighted by Crippen LogP contribution is -2.52. The Morgan fingerprint density at radius 1 is 1.30 bits per heavy atom. The molecule has 0 amide bonds. The lowest BCUT2D eigenvalue weighted by atomic mass is 10.3. The molecule has 2 aromatic rings. The second kappa shape index (κ2) is 8.55. The summed E-state index contributed by atoms with van der Waals surface area (Å²) in [5.41, 5.74) is 1.12. The first kappa shape index (κ1) is 19.4. The van der Waals surface area contributed by atoms with Crippen LogP contribution in [0, 0.1) is 0 Å². The predicted molar refractivity (Wildman–Crippen MR) is 111 cm³/mol. The summed E-state index contributed by atoms with van der Waals surface area (Å²) in [7, 11) is 7.87. The van der Waals surface area contributed by atoms with Gasteiger partial charge in [0.25, 0.3) is 0 Å². The molecule has 0 radical (unpaired) electrons. The fourth-order valence-electron chi connectivity index (χ4n) is 3.14. The van der Waals surface area contributed by atoms with Crippen molar-refractivity contribution >= 4 is 28.6 Å². The quantitative estimate of drug-likeness (QED) is 0.597. The highest BCUT2D eigenvalue weighted by Gasteiger charge is 2.22. The van der Waals surface area contributed by atoms with Crippen molar-refractivity contribution in [1.82, 2.24) is 29.1 Å². The van der Waals surface area contributed by atoms with Crippen LogP contribution in [-0.4, -0.2) is 77.1 Å². The van der Waals surface area contributed by atoms with Gasteiger partial charge in [-0.2, -0.15) is 4.37 Å². The van der Waals surface area contributed by atoms with Gasteiger partial charge in [0.2, 0.25) is 11.1 Å². The third-order valence-electron chi connectivity index (χ3n) is 4.72. The van der Waals surface area contributed by atoms with Crippen LogP contribution in [0.1, 0.15) is 18.4 Å². The van der Waals surface area contributed by atoms with Gasteiger partial charge >= 0.3 is 0 Å². The minimum Gasteiger partial charge on any atom is -0.351 e. The molecule has 27 heavy (non-hydrogen) atoms. The fourth-order valence-corrected chi connectivity index (χ4v) is 3.94. The fraction of sp³-hybridized carbons (Fsp3) is 0.647. The maximum Gasteiger partial charge on any atom is 0.205 e. The largest absolute Gasteiger partial charge is 0.351 e. The molecule has 1 saturated heterocycles. The van der Waals surface area contributed by atoms with Crippen molar-refractivity contribution in [2.45, 2.75) is 19.9 Å². The number of hydrogen-bond donors (Lipinski definition) is 1. The topological polar surface area (TPSA) is 77.7 Å². The van der Waals surface area contributed by atoms with Crippen LogP contribution in [0.15, 0.2) is 11.2 Å². The van der Waals surface area contributed by atoms with E-state index in [4.69, 9.17) is 0 Å². The Hall–Kier alpha value is -2.36. The Morgan fingerprint density at radius 3 is 2.59 bits per heavy atom. The minimum absolute atomic E-state index is 0.695. The van der Waals surface area contributed by atoms with Crippen LogP contribution < -0.4 is 15.1 Å². The summed E-state index contributed by atoms with van der Waals surface area (Å²) in [6.07, 6.45) is 2.80. The number of aromatic nitrogens is 4. The van der Waals surface area contributed by atoms with Crippen LogP contribution in [0.2, 0.25) is 0 Å². The number of anilines is 2. The van der Waals surface area contributed by atoms with Gasteiger partial charge in [-0.05, 0) is 0 Å². The Bertz CT molecular complexity index is 771. The molecule has 10 heteroatoms. The molecule has 1 N–H and O–H groups in total. The Labute approximate surface area is 164 Å².